The Morgan fingerprint density at radius 1 is 0.967 bits per heavy atom. The van der Waals surface area contributed by atoms with Crippen molar-refractivity contribution in [1.29, 1.82) is 0 Å². The molecule has 0 fully saturated rings. The van der Waals surface area contributed by atoms with Crippen LogP contribution in [0.1, 0.15) is 16.7 Å². The van der Waals surface area contributed by atoms with Gasteiger partial charge in [-0.05, 0) is 60.9 Å². The lowest BCUT2D eigenvalue weighted by Crippen LogP contribution is -2.41. The van der Waals surface area contributed by atoms with E-state index in [2.05, 4.69) is 5.32 Å². The van der Waals surface area contributed by atoms with Gasteiger partial charge in [0.25, 0.3) is 10.0 Å². The molecule has 0 aliphatic carbocycles. The van der Waals surface area contributed by atoms with Crippen molar-refractivity contribution in [3.8, 4) is 0 Å². The van der Waals surface area contributed by atoms with Crippen molar-refractivity contribution < 1.29 is 13.2 Å². The van der Waals surface area contributed by atoms with Gasteiger partial charge in [0, 0.05) is 11.6 Å². The van der Waals surface area contributed by atoms with Gasteiger partial charge in [-0.1, -0.05) is 54.1 Å². The SMILES string of the molecule is Cc1ccc(C)c(N(CC(=O)NCc2ccc(Cl)cc2)S(=O)(=O)c2ccccc2)c1. The van der Waals surface area contributed by atoms with E-state index in [0.29, 0.717) is 10.7 Å². The third kappa shape index (κ3) is 5.20. The summed E-state index contributed by atoms with van der Waals surface area (Å²) in [6.45, 7) is 3.67. The Labute approximate surface area is 182 Å². The summed E-state index contributed by atoms with van der Waals surface area (Å²) in [6.07, 6.45) is 0. The molecular weight excluding hydrogens is 420 g/mol. The average Bonchev–Trinajstić information content (AvgIpc) is 2.74. The molecule has 0 unspecified atom stereocenters. The summed E-state index contributed by atoms with van der Waals surface area (Å²) in [5.41, 5.74) is 3.04. The Bertz CT molecular complexity index is 1130. The van der Waals surface area contributed by atoms with Crippen LogP contribution in [0.4, 0.5) is 5.69 Å². The first kappa shape index (κ1) is 21.9. The number of hydrogen-bond donors (Lipinski definition) is 1. The van der Waals surface area contributed by atoms with Gasteiger partial charge in [0.2, 0.25) is 5.91 Å². The highest BCUT2D eigenvalue weighted by Crippen LogP contribution is 2.27. The van der Waals surface area contributed by atoms with Gasteiger partial charge in [-0.15, -0.1) is 0 Å². The number of benzene rings is 3. The molecule has 0 spiro atoms. The molecule has 156 valence electrons. The first-order valence-electron chi connectivity index (χ1n) is 9.43. The lowest BCUT2D eigenvalue weighted by molar-refractivity contribution is -0.119. The lowest BCUT2D eigenvalue weighted by Gasteiger charge is -2.26. The van der Waals surface area contributed by atoms with Crippen molar-refractivity contribution in [2.75, 3.05) is 10.8 Å². The van der Waals surface area contributed by atoms with Crippen molar-refractivity contribution in [2.45, 2.75) is 25.3 Å². The highest BCUT2D eigenvalue weighted by atomic mass is 35.5. The molecule has 0 aliphatic rings. The van der Waals surface area contributed by atoms with E-state index in [-0.39, 0.29) is 18.0 Å². The fourth-order valence-electron chi connectivity index (χ4n) is 3.00. The number of sulfonamides is 1. The number of rotatable bonds is 7. The molecule has 0 bridgehead atoms. The molecule has 30 heavy (non-hydrogen) atoms. The predicted octanol–water partition coefficient (Wildman–Crippen LogP) is 4.47. The van der Waals surface area contributed by atoms with Crippen LogP contribution in [0.2, 0.25) is 5.02 Å². The minimum atomic E-state index is -3.92. The topological polar surface area (TPSA) is 66.5 Å². The summed E-state index contributed by atoms with van der Waals surface area (Å²) in [7, 11) is -3.92. The van der Waals surface area contributed by atoms with Crippen LogP contribution < -0.4 is 9.62 Å². The van der Waals surface area contributed by atoms with Crippen molar-refractivity contribution in [2.24, 2.45) is 0 Å². The summed E-state index contributed by atoms with van der Waals surface area (Å²) in [5.74, 6) is -0.398. The maximum absolute atomic E-state index is 13.4. The monoisotopic (exact) mass is 442 g/mol. The summed E-state index contributed by atoms with van der Waals surface area (Å²) in [5, 5.41) is 3.40. The fraction of sp³-hybridized carbons (Fsp3) is 0.174. The summed E-state index contributed by atoms with van der Waals surface area (Å²) < 4.78 is 27.9. The molecule has 0 atom stereocenters. The number of carbonyl (C=O) groups excluding carboxylic acids is 1. The Kier molecular flexibility index (Phi) is 6.80. The highest BCUT2D eigenvalue weighted by molar-refractivity contribution is 7.92. The molecule has 0 aliphatic heterocycles. The number of anilines is 1. The van der Waals surface area contributed by atoms with Gasteiger partial charge in [0.1, 0.15) is 6.54 Å². The van der Waals surface area contributed by atoms with Gasteiger partial charge in [-0.25, -0.2) is 8.42 Å². The minimum absolute atomic E-state index is 0.136. The van der Waals surface area contributed by atoms with E-state index in [1.54, 1.807) is 36.4 Å². The highest BCUT2D eigenvalue weighted by Gasteiger charge is 2.28. The Morgan fingerprint density at radius 3 is 2.30 bits per heavy atom. The first-order valence-corrected chi connectivity index (χ1v) is 11.3. The number of carbonyl (C=O) groups is 1. The number of nitrogens with one attached hydrogen (secondary N) is 1. The molecule has 3 aromatic rings. The number of aryl methyl sites for hydroxylation is 2. The minimum Gasteiger partial charge on any atom is -0.350 e. The maximum atomic E-state index is 13.4. The van der Waals surface area contributed by atoms with Gasteiger partial charge >= 0.3 is 0 Å². The van der Waals surface area contributed by atoms with Gasteiger partial charge in [0.05, 0.1) is 10.6 Å². The molecular formula is C23H23ClN2O3S. The number of hydrogen-bond acceptors (Lipinski definition) is 3. The Hall–Kier alpha value is -2.83. The Morgan fingerprint density at radius 2 is 1.63 bits per heavy atom. The van der Waals surface area contributed by atoms with Crippen molar-refractivity contribution >= 4 is 33.2 Å². The zero-order chi connectivity index (χ0) is 21.7. The summed E-state index contributed by atoms with van der Waals surface area (Å²) >= 11 is 5.89. The molecule has 3 rings (SSSR count). The maximum Gasteiger partial charge on any atom is 0.264 e. The lowest BCUT2D eigenvalue weighted by atomic mass is 10.1. The largest absolute Gasteiger partial charge is 0.350 e. The second-order valence-corrected chi connectivity index (χ2v) is 9.32. The van der Waals surface area contributed by atoms with Crippen LogP contribution in [0.5, 0.6) is 0 Å². The van der Waals surface area contributed by atoms with Gasteiger partial charge in [-0.3, -0.25) is 9.10 Å². The van der Waals surface area contributed by atoms with Crippen LogP contribution >= 0.6 is 11.6 Å². The van der Waals surface area contributed by atoms with Crippen LogP contribution in [-0.4, -0.2) is 20.9 Å². The Balaban J connectivity index is 1.89. The zero-order valence-electron chi connectivity index (χ0n) is 16.8. The molecule has 0 saturated carbocycles. The molecule has 7 heteroatoms. The van der Waals surface area contributed by atoms with Crippen LogP contribution in [0.3, 0.4) is 0 Å². The van der Waals surface area contributed by atoms with E-state index in [4.69, 9.17) is 11.6 Å². The second kappa shape index (κ2) is 9.32. The third-order valence-corrected chi connectivity index (χ3v) is 6.68. The normalized spacial score (nSPS) is 11.2. The molecule has 1 amide bonds. The summed E-state index contributed by atoms with van der Waals surface area (Å²) in [6, 6.07) is 20.8. The van der Waals surface area contributed by atoms with Crippen molar-refractivity contribution in [1.82, 2.24) is 5.32 Å². The van der Waals surface area contributed by atoms with Gasteiger partial charge in [-0.2, -0.15) is 0 Å². The van der Waals surface area contributed by atoms with Crippen LogP contribution in [0, 0.1) is 13.8 Å². The van der Waals surface area contributed by atoms with Crippen LogP contribution in [-0.2, 0) is 21.4 Å². The van der Waals surface area contributed by atoms with E-state index in [1.807, 2.05) is 38.1 Å². The quantitative estimate of drug-likeness (QED) is 0.587. The van der Waals surface area contributed by atoms with E-state index < -0.39 is 15.9 Å². The second-order valence-electron chi connectivity index (χ2n) is 7.02. The van der Waals surface area contributed by atoms with E-state index in [0.717, 1.165) is 16.7 Å². The predicted molar refractivity (Wildman–Crippen MR) is 120 cm³/mol. The molecule has 0 heterocycles. The zero-order valence-corrected chi connectivity index (χ0v) is 18.4. The van der Waals surface area contributed by atoms with Gasteiger partial charge < -0.3 is 5.32 Å². The third-order valence-electron chi connectivity index (χ3n) is 4.65. The fourth-order valence-corrected chi connectivity index (χ4v) is 4.62. The molecule has 0 saturated heterocycles. The molecule has 0 radical (unpaired) electrons. The standard InChI is InChI=1S/C23H23ClN2O3S/c1-17-8-9-18(2)22(14-17)26(30(28,29)21-6-4-3-5-7-21)16-23(27)25-15-19-10-12-20(24)13-11-19/h3-14H,15-16H2,1-2H3,(H,25,27). The van der Waals surface area contributed by atoms with E-state index in [1.165, 1.54) is 16.4 Å². The van der Waals surface area contributed by atoms with Crippen molar-refractivity contribution in [3.05, 3.63) is 94.5 Å². The van der Waals surface area contributed by atoms with E-state index >= 15 is 0 Å². The number of halogens is 1. The molecule has 0 aromatic heterocycles. The molecule has 1 N–H and O–H groups in total. The average molecular weight is 443 g/mol. The van der Waals surface area contributed by atoms with Crippen LogP contribution in [0.25, 0.3) is 0 Å². The van der Waals surface area contributed by atoms with E-state index in [9.17, 15) is 13.2 Å². The number of nitrogens with zero attached hydrogens (tertiary/aromatic N) is 1. The smallest absolute Gasteiger partial charge is 0.264 e. The summed E-state index contributed by atoms with van der Waals surface area (Å²) in [4.78, 5) is 12.8. The molecule has 5 nitrogen and oxygen atoms in total. The van der Waals surface area contributed by atoms with Crippen LogP contribution in [0.15, 0.2) is 77.7 Å². The number of amides is 1. The first-order chi connectivity index (χ1) is 14.3. The van der Waals surface area contributed by atoms with Gasteiger partial charge in [0.15, 0.2) is 0 Å². The van der Waals surface area contributed by atoms with Crippen molar-refractivity contribution in [3.63, 3.8) is 0 Å². The molecule has 3 aromatic carbocycles.